The van der Waals surface area contributed by atoms with Gasteiger partial charge in [-0.1, -0.05) is 27.7 Å². The van der Waals surface area contributed by atoms with Gasteiger partial charge >= 0.3 is 5.97 Å². The van der Waals surface area contributed by atoms with Crippen LogP contribution >= 0.6 is 0 Å². The molecule has 0 saturated carbocycles. The normalized spacial score (nSPS) is 28.7. The summed E-state index contributed by atoms with van der Waals surface area (Å²) in [5.41, 5.74) is 0. The highest BCUT2D eigenvalue weighted by atomic mass is 16.6. The van der Waals surface area contributed by atoms with E-state index in [1.165, 1.54) is 13.8 Å². The Morgan fingerprint density at radius 3 is 2.19 bits per heavy atom. The van der Waals surface area contributed by atoms with E-state index in [0.717, 1.165) is 0 Å². The summed E-state index contributed by atoms with van der Waals surface area (Å²) in [6.45, 7) is 10.2. The maximum atomic E-state index is 12.3. The van der Waals surface area contributed by atoms with E-state index in [0.29, 0.717) is 6.42 Å². The summed E-state index contributed by atoms with van der Waals surface area (Å²) in [7, 11) is 0. The van der Waals surface area contributed by atoms with Crippen LogP contribution in [-0.2, 0) is 28.7 Å². The minimum Gasteiger partial charge on any atom is -0.463 e. The van der Waals surface area contributed by atoms with Gasteiger partial charge in [0.1, 0.15) is 12.4 Å². The molecule has 8 nitrogen and oxygen atoms in total. The van der Waals surface area contributed by atoms with E-state index in [1.807, 2.05) is 13.8 Å². The van der Waals surface area contributed by atoms with E-state index in [2.05, 4.69) is 10.6 Å². The van der Waals surface area contributed by atoms with Gasteiger partial charge in [-0.15, -0.1) is 0 Å². The molecule has 1 heterocycles. The SMILES string of the molecule is CCC(=O)NC1[C@H](NC(=O)C[C@H](C)C(C)=O)OC(COC(C)=O)[C@H](C)[C@@H]1C. The number of Topliss-reactive ketones (excluding diaryl/α,β-unsaturated/α-hetero) is 1. The number of ether oxygens (including phenoxy) is 2. The molecule has 2 amide bonds. The van der Waals surface area contributed by atoms with Crippen molar-refractivity contribution < 1.29 is 28.7 Å². The van der Waals surface area contributed by atoms with E-state index < -0.39 is 30.3 Å². The fourth-order valence-corrected chi connectivity index (χ4v) is 2.99. The molecule has 0 aromatic carbocycles. The maximum absolute atomic E-state index is 12.3. The zero-order chi connectivity index (χ0) is 20.7. The Bertz CT molecular complexity index is 564. The van der Waals surface area contributed by atoms with Gasteiger partial charge in [0.2, 0.25) is 11.8 Å². The number of carbonyl (C=O) groups is 4. The lowest BCUT2D eigenvalue weighted by Gasteiger charge is -2.45. The molecule has 2 unspecified atom stereocenters. The van der Waals surface area contributed by atoms with Crippen molar-refractivity contribution in [2.75, 3.05) is 6.61 Å². The third-order valence-corrected chi connectivity index (χ3v) is 5.22. The molecule has 0 aliphatic carbocycles. The van der Waals surface area contributed by atoms with Crippen molar-refractivity contribution in [2.45, 2.75) is 72.8 Å². The first-order valence-corrected chi connectivity index (χ1v) is 9.44. The summed E-state index contributed by atoms with van der Waals surface area (Å²) >= 11 is 0. The lowest BCUT2D eigenvalue weighted by atomic mass is 9.81. The van der Waals surface area contributed by atoms with Gasteiger partial charge in [-0.2, -0.15) is 0 Å². The van der Waals surface area contributed by atoms with Crippen molar-refractivity contribution in [3.63, 3.8) is 0 Å². The predicted octanol–water partition coefficient (Wildman–Crippen LogP) is 1.17. The second-order valence-corrected chi connectivity index (χ2v) is 7.35. The molecule has 1 aliphatic heterocycles. The first-order valence-electron chi connectivity index (χ1n) is 9.44. The molecular formula is C19H32N2O6. The molecule has 0 bridgehead atoms. The molecule has 1 fully saturated rings. The Morgan fingerprint density at radius 1 is 1.04 bits per heavy atom. The number of nitrogens with one attached hydrogen (secondary N) is 2. The fraction of sp³-hybridized carbons (Fsp3) is 0.789. The van der Waals surface area contributed by atoms with Crippen molar-refractivity contribution in [3.8, 4) is 0 Å². The van der Waals surface area contributed by atoms with Crippen molar-refractivity contribution in [1.82, 2.24) is 10.6 Å². The number of rotatable bonds is 8. The highest BCUT2D eigenvalue weighted by Crippen LogP contribution is 2.30. The monoisotopic (exact) mass is 384 g/mol. The van der Waals surface area contributed by atoms with Crippen LogP contribution in [0.5, 0.6) is 0 Å². The Kier molecular flexibility index (Phi) is 8.88. The molecule has 1 saturated heterocycles. The van der Waals surface area contributed by atoms with E-state index in [9.17, 15) is 19.2 Å². The number of esters is 1. The molecule has 2 N–H and O–H groups in total. The molecule has 0 radical (unpaired) electrons. The van der Waals surface area contributed by atoms with Crippen LogP contribution in [0.2, 0.25) is 0 Å². The van der Waals surface area contributed by atoms with Crippen LogP contribution in [0, 0.1) is 17.8 Å². The van der Waals surface area contributed by atoms with Gasteiger partial charge in [-0.3, -0.25) is 19.2 Å². The maximum Gasteiger partial charge on any atom is 0.302 e. The fourth-order valence-electron chi connectivity index (χ4n) is 2.99. The molecule has 6 atom stereocenters. The van der Waals surface area contributed by atoms with Gasteiger partial charge in [0.25, 0.3) is 0 Å². The van der Waals surface area contributed by atoms with Crippen molar-refractivity contribution >= 4 is 23.6 Å². The summed E-state index contributed by atoms with van der Waals surface area (Å²) in [5, 5.41) is 5.70. The van der Waals surface area contributed by atoms with Crippen LogP contribution in [-0.4, -0.2) is 48.5 Å². The smallest absolute Gasteiger partial charge is 0.302 e. The summed E-state index contributed by atoms with van der Waals surface area (Å²) in [6, 6.07) is -0.419. The number of amides is 2. The molecule has 0 aromatic rings. The van der Waals surface area contributed by atoms with Gasteiger partial charge in [0.05, 0.1) is 12.1 Å². The largest absolute Gasteiger partial charge is 0.463 e. The zero-order valence-corrected chi connectivity index (χ0v) is 17.0. The van der Waals surface area contributed by atoms with Crippen LogP contribution < -0.4 is 10.6 Å². The molecule has 27 heavy (non-hydrogen) atoms. The van der Waals surface area contributed by atoms with Crippen molar-refractivity contribution in [1.29, 1.82) is 0 Å². The molecule has 0 aromatic heterocycles. The minimum atomic E-state index is -0.765. The second kappa shape index (κ2) is 10.4. The lowest BCUT2D eigenvalue weighted by Crippen LogP contribution is -2.63. The molecule has 0 spiro atoms. The summed E-state index contributed by atoms with van der Waals surface area (Å²) in [4.78, 5) is 46.8. The van der Waals surface area contributed by atoms with Crippen LogP contribution in [0.3, 0.4) is 0 Å². The highest BCUT2D eigenvalue weighted by Gasteiger charge is 2.43. The predicted molar refractivity (Wildman–Crippen MR) is 98.4 cm³/mol. The van der Waals surface area contributed by atoms with E-state index in [4.69, 9.17) is 9.47 Å². The Morgan fingerprint density at radius 2 is 1.67 bits per heavy atom. The van der Waals surface area contributed by atoms with Gasteiger partial charge in [-0.25, -0.2) is 0 Å². The van der Waals surface area contributed by atoms with Crippen LogP contribution in [0.4, 0.5) is 0 Å². The van der Waals surface area contributed by atoms with Crippen LogP contribution in [0.1, 0.15) is 54.4 Å². The number of carbonyl (C=O) groups excluding carboxylic acids is 4. The van der Waals surface area contributed by atoms with E-state index in [-0.39, 0.29) is 42.5 Å². The Balaban J connectivity index is 2.92. The first kappa shape index (κ1) is 23.1. The highest BCUT2D eigenvalue weighted by molar-refractivity contribution is 5.85. The zero-order valence-electron chi connectivity index (χ0n) is 17.0. The average Bonchev–Trinajstić information content (AvgIpc) is 2.59. The van der Waals surface area contributed by atoms with Crippen molar-refractivity contribution in [3.05, 3.63) is 0 Å². The summed E-state index contributed by atoms with van der Waals surface area (Å²) < 4.78 is 11.1. The third-order valence-electron chi connectivity index (χ3n) is 5.22. The average molecular weight is 384 g/mol. The molecule has 1 aliphatic rings. The lowest BCUT2D eigenvalue weighted by molar-refractivity contribution is -0.173. The van der Waals surface area contributed by atoms with Gasteiger partial charge < -0.3 is 20.1 Å². The number of hydrogen-bond acceptors (Lipinski definition) is 6. The Hall–Kier alpha value is -1.96. The molecular weight excluding hydrogens is 352 g/mol. The number of hydrogen-bond donors (Lipinski definition) is 2. The Labute approximate surface area is 160 Å². The second-order valence-electron chi connectivity index (χ2n) is 7.35. The quantitative estimate of drug-likeness (QED) is 0.608. The van der Waals surface area contributed by atoms with Gasteiger partial charge in [0.15, 0.2) is 6.23 Å². The topological polar surface area (TPSA) is 111 Å². The first-order chi connectivity index (χ1) is 12.6. The van der Waals surface area contributed by atoms with Crippen LogP contribution in [0.15, 0.2) is 0 Å². The van der Waals surface area contributed by atoms with E-state index >= 15 is 0 Å². The number of ketones is 1. The summed E-state index contributed by atoms with van der Waals surface area (Å²) in [5.74, 6) is -1.37. The minimum absolute atomic E-state index is 0.00389. The molecule has 1 rings (SSSR count). The van der Waals surface area contributed by atoms with Gasteiger partial charge in [0, 0.05) is 25.7 Å². The van der Waals surface area contributed by atoms with Crippen LogP contribution in [0.25, 0.3) is 0 Å². The molecule has 154 valence electrons. The van der Waals surface area contributed by atoms with Gasteiger partial charge in [-0.05, 0) is 18.8 Å². The van der Waals surface area contributed by atoms with E-state index in [1.54, 1.807) is 13.8 Å². The third kappa shape index (κ3) is 6.93. The standard InChI is InChI=1S/C19H32N2O6/c1-7-16(24)20-18-12(4)11(3)15(9-26-14(6)23)27-19(18)21-17(25)8-10(2)13(5)22/h10-12,15,18-19H,7-9H2,1-6H3,(H,20,24)(H,21,25)/t10-,11+,12-,15?,18?,19+/m0/s1. The van der Waals surface area contributed by atoms with Crippen molar-refractivity contribution in [2.24, 2.45) is 17.8 Å². The summed E-state index contributed by atoms with van der Waals surface area (Å²) in [6.07, 6.45) is -0.813. The molecule has 8 heteroatoms.